The van der Waals surface area contributed by atoms with Crippen molar-refractivity contribution >= 4 is 56.5 Å². The number of carbonyl (C=O) groups is 2. The molecule has 0 saturated carbocycles. The summed E-state index contributed by atoms with van der Waals surface area (Å²) in [5.74, 6) is -0.712. The van der Waals surface area contributed by atoms with Crippen LogP contribution in [0.2, 0.25) is 10.0 Å². The number of unbranched alkanes of at least 4 members (excludes halogenated alkanes) is 1. The number of hydrogen-bond acceptors (Lipinski definition) is 5. The molecule has 3 aromatic carbocycles. The van der Waals surface area contributed by atoms with Gasteiger partial charge in [-0.15, -0.1) is 0 Å². The van der Waals surface area contributed by atoms with Crippen LogP contribution in [-0.2, 0) is 37.2 Å². The van der Waals surface area contributed by atoms with E-state index in [-0.39, 0.29) is 39.6 Å². The van der Waals surface area contributed by atoms with E-state index in [0.717, 1.165) is 27.5 Å². The highest BCUT2D eigenvalue weighted by Crippen LogP contribution is 2.35. The van der Waals surface area contributed by atoms with Crippen LogP contribution >= 0.6 is 23.2 Å². The predicted molar refractivity (Wildman–Crippen MR) is 150 cm³/mol. The molecule has 1 heterocycles. The number of sulfonamides is 1. The molecule has 1 aliphatic heterocycles. The molecule has 0 atom stereocenters. The summed E-state index contributed by atoms with van der Waals surface area (Å²) in [6, 6.07) is 18.5. The molecule has 1 amide bonds. The van der Waals surface area contributed by atoms with E-state index in [1.54, 1.807) is 23.1 Å². The monoisotopic (exact) mass is 574 g/mol. The Labute approximate surface area is 233 Å². The van der Waals surface area contributed by atoms with E-state index >= 15 is 0 Å². The summed E-state index contributed by atoms with van der Waals surface area (Å²) >= 11 is 12.2. The van der Waals surface area contributed by atoms with Crippen molar-refractivity contribution in [2.45, 2.75) is 37.5 Å². The Morgan fingerprint density at radius 3 is 2.39 bits per heavy atom. The second-order valence-electron chi connectivity index (χ2n) is 8.96. The molecule has 0 unspecified atom stereocenters. The molecule has 1 aliphatic rings. The van der Waals surface area contributed by atoms with Crippen LogP contribution in [0.15, 0.2) is 71.6 Å². The summed E-state index contributed by atoms with van der Waals surface area (Å²) in [7, 11) is -4.23. The molecular weight excluding hydrogens is 547 g/mol. The van der Waals surface area contributed by atoms with E-state index in [0.29, 0.717) is 19.4 Å². The highest BCUT2D eigenvalue weighted by Gasteiger charge is 2.31. The fourth-order valence-electron chi connectivity index (χ4n) is 4.28. The van der Waals surface area contributed by atoms with Crippen LogP contribution < -0.4 is 9.21 Å². The summed E-state index contributed by atoms with van der Waals surface area (Å²) in [5, 5.41) is 0.311. The lowest BCUT2D eigenvalue weighted by atomic mass is 10.1. The molecule has 0 bridgehead atoms. The van der Waals surface area contributed by atoms with Crippen molar-refractivity contribution in [1.82, 2.24) is 0 Å². The molecule has 38 heavy (non-hydrogen) atoms. The van der Waals surface area contributed by atoms with Gasteiger partial charge in [0.15, 0.2) is 0 Å². The molecule has 0 spiro atoms. The molecule has 7 nitrogen and oxygen atoms in total. The Morgan fingerprint density at radius 1 is 1.00 bits per heavy atom. The van der Waals surface area contributed by atoms with Crippen LogP contribution in [0.5, 0.6) is 0 Å². The van der Waals surface area contributed by atoms with Gasteiger partial charge in [-0.2, -0.15) is 0 Å². The summed E-state index contributed by atoms with van der Waals surface area (Å²) < 4.78 is 33.7. The Hall–Kier alpha value is -3.07. The quantitative estimate of drug-likeness (QED) is 0.230. The van der Waals surface area contributed by atoms with Gasteiger partial charge >= 0.3 is 5.97 Å². The molecular formula is C28H28Cl2N2O5S. The molecule has 200 valence electrons. The van der Waals surface area contributed by atoms with E-state index in [4.69, 9.17) is 27.9 Å². The van der Waals surface area contributed by atoms with E-state index in [1.807, 2.05) is 37.3 Å². The number of rotatable bonds is 10. The minimum atomic E-state index is -4.23. The SMILES string of the molecule is CCCCOC(=O)CN(c1ccc2c(c1)CCN2C(=O)Cc1ccccc1)S(=O)(=O)c1cc(Cl)cc(Cl)c1. The van der Waals surface area contributed by atoms with Crippen molar-refractivity contribution in [2.24, 2.45) is 0 Å². The lowest BCUT2D eigenvalue weighted by molar-refractivity contribution is -0.141. The topological polar surface area (TPSA) is 84.0 Å². The maximum Gasteiger partial charge on any atom is 0.326 e. The number of nitrogens with zero attached hydrogens (tertiary/aromatic N) is 2. The van der Waals surface area contributed by atoms with Gasteiger partial charge in [-0.25, -0.2) is 8.42 Å². The second kappa shape index (κ2) is 12.2. The summed E-state index contributed by atoms with van der Waals surface area (Å²) in [6.45, 7) is 2.13. The van der Waals surface area contributed by atoms with Crippen molar-refractivity contribution in [3.8, 4) is 0 Å². The number of amides is 1. The fourth-order valence-corrected chi connectivity index (χ4v) is 6.41. The number of ether oxygens (including phenoxy) is 1. The zero-order valence-electron chi connectivity index (χ0n) is 20.9. The van der Waals surface area contributed by atoms with Gasteiger partial charge in [-0.05, 0) is 60.4 Å². The number of carbonyl (C=O) groups excluding carboxylic acids is 2. The zero-order chi connectivity index (χ0) is 27.3. The zero-order valence-corrected chi connectivity index (χ0v) is 23.2. The number of benzene rings is 3. The number of fused-ring (bicyclic) bond motifs is 1. The van der Waals surface area contributed by atoms with Crippen molar-refractivity contribution < 1.29 is 22.7 Å². The normalized spacial score (nSPS) is 12.8. The van der Waals surface area contributed by atoms with Gasteiger partial charge in [0.05, 0.1) is 23.6 Å². The minimum absolute atomic E-state index is 0.0414. The molecule has 0 N–H and O–H groups in total. The minimum Gasteiger partial charge on any atom is -0.464 e. The van der Waals surface area contributed by atoms with Crippen LogP contribution in [0.3, 0.4) is 0 Å². The predicted octanol–water partition coefficient (Wildman–Crippen LogP) is 5.66. The third-order valence-electron chi connectivity index (χ3n) is 6.20. The molecule has 0 aromatic heterocycles. The third kappa shape index (κ3) is 6.49. The Kier molecular flexibility index (Phi) is 8.97. The molecule has 3 aromatic rings. The second-order valence-corrected chi connectivity index (χ2v) is 11.7. The number of hydrogen-bond donors (Lipinski definition) is 0. The maximum absolute atomic E-state index is 13.7. The first-order valence-electron chi connectivity index (χ1n) is 12.3. The van der Waals surface area contributed by atoms with Crippen molar-refractivity contribution in [2.75, 3.05) is 28.9 Å². The van der Waals surface area contributed by atoms with E-state index < -0.39 is 22.5 Å². The average Bonchev–Trinajstić information content (AvgIpc) is 3.31. The van der Waals surface area contributed by atoms with Crippen LogP contribution in [0, 0.1) is 0 Å². The van der Waals surface area contributed by atoms with Crippen molar-refractivity contribution in [3.63, 3.8) is 0 Å². The number of esters is 1. The largest absolute Gasteiger partial charge is 0.464 e. The van der Waals surface area contributed by atoms with E-state index in [2.05, 4.69) is 0 Å². The van der Waals surface area contributed by atoms with Gasteiger partial charge < -0.3 is 9.64 Å². The first kappa shape index (κ1) is 28.0. The molecule has 0 aliphatic carbocycles. The summed E-state index contributed by atoms with van der Waals surface area (Å²) in [5.41, 5.74) is 2.74. The fraction of sp³-hybridized carbons (Fsp3) is 0.286. The molecule has 4 rings (SSSR count). The van der Waals surface area contributed by atoms with Crippen molar-refractivity contribution in [1.29, 1.82) is 0 Å². The van der Waals surface area contributed by atoms with E-state index in [9.17, 15) is 18.0 Å². The number of halogens is 2. The van der Waals surface area contributed by atoms with Crippen LogP contribution in [0.4, 0.5) is 11.4 Å². The highest BCUT2D eigenvalue weighted by molar-refractivity contribution is 7.92. The number of anilines is 2. The first-order chi connectivity index (χ1) is 18.2. The standard InChI is InChI=1S/C28H28Cl2N2O5S/c1-2-3-13-37-28(34)19-32(38(35,36)25-17-22(29)16-23(30)18-25)24-9-10-26-21(15-24)11-12-31(26)27(33)14-20-7-5-4-6-8-20/h4-10,15-18H,2-3,11-14,19H2,1H3. The van der Waals surface area contributed by atoms with Crippen LogP contribution in [0.25, 0.3) is 0 Å². The molecule has 10 heteroatoms. The summed E-state index contributed by atoms with van der Waals surface area (Å²) in [4.78, 5) is 27.2. The van der Waals surface area contributed by atoms with Gasteiger partial charge in [-0.3, -0.25) is 13.9 Å². The van der Waals surface area contributed by atoms with Gasteiger partial charge in [0.25, 0.3) is 10.0 Å². The van der Waals surface area contributed by atoms with Gasteiger partial charge in [0.2, 0.25) is 5.91 Å². The Bertz CT molecular complexity index is 1410. The molecule has 0 fully saturated rings. The van der Waals surface area contributed by atoms with Gasteiger partial charge in [0, 0.05) is 22.3 Å². The molecule has 0 saturated heterocycles. The maximum atomic E-state index is 13.7. The van der Waals surface area contributed by atoms with Crippen LogP contribution in [0.1, 0.15) is 30.9 Å². The van der Waals surface area contributed by atoms with Gasteiger partial charge in [-0.1, -0.05) is 66.9 Å². The van der Waals surface area contributed by atoms with Crippen LogP contribution in [-0.4, -0.2) is 40.0 Å². The lowest BCUT2D eigenvalue weighted by Gasteiger charge is -2.25. The Morgan fingerprint density at radius 2 is 1.71 bits per heavy atom. The third-order valence-corrected chi connectivity index (χ3v) is 8.39. The van der Waals surface area contributed by atoms with Crippen molar-refractivity contribution in [3.05, 3.63) is 87.9 Å². The summed E-state index contributed by atoms with van der Waals surface area (Å²) in [6.07, 6.45) is 2.33. The highest BCUT2D eigenvalue weighted by atomic mass is 35.5. The lowest BCUT2D eigenvalue weighted by Crippen LogP contribution is -2.37. The average molecular weight is 576 g/mol. The first-order valence-corrected chi connectivity index (χ1v) is 14.5. The molecule has 0 radical (unpaired) electrons. The van der Waals surface area contributed by atoms with Gasteiger partial charge in [0.1, 0.15) is 6.54 Å². The van der Waals surface area contributed by atoms with E-state index in [1.165, 1.54) is 18.2 Å². The smallest absolute Gasteiger partial charge is 0.326 e. The Balaban J connectivity index is 1.64.